The largest absolute Gasteiger partial charge is 0.744 e. The smallest absolute Gasteiger partial charge is 0.311 e. The molecular formula is C24H43NO7S. The SMILES string of the molecule is CCC(C)(C)C(=O)OC.CCC(C)(C)C(=O)OCC[NH+](C)C.Cc1ccc(S(=O)(=O)[O-])cc1. The van der Waals surface area contributed by atoms with Crippen LogP contribution in [-0.2, 0) is 29.2 Å². The van der Waals surface area contributed by atoms with Crippen molar-refractivity contribution >= 4 is 22.1 Å². The molecule has 0 bridgehead atoms. The molecule has 8 nitrogen and oxygen atoms in total. The van der Waals surface area contributed by atoms with Crippen LogP contribution in [0.5, 0.6) is 0 Å². The molecule has 0 aromatic heterocycles. The van der Waals surface area contributed by atoms with E-state index in [1.165, 1.54) is 24.1 Å². The standard InChI is InChI=1S/C10H21NO2.C7H8O3S.C7H14O2/c1-6-10(2,3)9(12)13-8-7-11(4)5;1-6-2-4-7(5-3-6)11(8,9)10;1-5-7(2,3)6(8)9-4/h6-8H2,1-5H3;2-5H,1H3,(H,8,9,10);5H2,1-4H3. The number of ether oxygens (including phenoxy) is 2. The van der Waals surface area contributed by atoms with E-state index in [0.717, 1.165) is 24.9 Å². The van der Waals surface area contributed by atoms with E-state index in [2.05, 4.69) is 4.74 Å². The molecule has 1 N–H and O–H groups in total. The minimum absolute atomic E-state index is 0.0868. The summed E-state index contributed by atoms with van der Waals surface area (Å²) in [6, 6.07) is 5.78. The van der Waals surface area contributed by atoms with Crippen molar-refractivity contribution in [1.29, 1.82) is 0 Å². The number of hydrogen-bond donors (Lipinski definition) is 1. The molecule has 0 aliphatic rings. The Morgan fingerprint density at radius 3 is 1.67 bits per heavy atom. The molecule has 0 atom stereocenters. The van der Waals surface area contributed by atoms with Gasteiger partial charge in [-0.15, -0.1) is 0 Å². The molecule has 0 aliphatic heterocycles. The Balaban J connectivity index is 0. The first-order valence-corrected chi connectivity index (χ1v) is 12.4. The Labute approximate surface area is 200 Å². The first-order valence-electron chi connectivity index (χ1n) is 11.0. The number of methoxy groups -OCH3 is 1. The van der Waals surface area contributed by atoms with E-state index in [1.807, 2.05) is 62.6 Å². The summed E-state index contributed by atoms with van der Waals surface area (Å²) in [6.07, 6.45) is 1.64. The number of quaternary nitrogens is 1. The Bertz CT molecular complexity index is 814. The van der Waals surface area contributed by atoms with E-state index < -0.39 is 10.1 Å². The number of aryl methyl sites for hydroxylation is 1. The summed E-state index contributed by atoms with van der Waals surface area (Å²) >= 11 is 0. The third kappa shape index (κ3) is 14.7. The second-order valence-electron chi connectivity index (χ2n) is 9.33. The fourth-order valence-corrected chi connectivity index (χ4v) is 2.28. The zero-order chi connectivity index (χ0) is 26.5. The molecule has 0 unspecified atom stereocenters. The van der Waals surface area contributed by atoms with Gasteiger partial charge in [0.2, 0.25) is 0 Å². The fraction of sp³-hybridized carbons (Fsp3) is 0.667. The molecule has 0 heterocycles. The molecule has 0 radical (unpaired) electrons. The van der Waals surface area contributed by atoms with Gasteiger partial charge in [0.15, 0.2) is 0 Å². The predicted octanol–water partition coefficient (Wildman–Crippen LogP) is 2.61. The molecule has 0 fully saturated rings. The van der Waals surface area contributed by atoms with E-state index in [-0.39, 0.29) is 27.7 Å². The van der Waals surface area contributed by atoms with Gasteiger partial charge >= 0.3 is 11.9 Å². The Morgan fingerprint density at radius 2 is 1.36 bits per heavy atom. The average molecular weight is 490 g/mol. The predicted molar refractivity (Wildman–Crippen MR) is 128 cm³/mol. The summed E-state index contributed by atoms with van der Waals surface area (Å²) in [6.45, 7) is 14.8. The van der Waals surface area contributed by atoms with Crippen molar-refractivity contribution in [2.24, 2.45) is 10.8 Å². The molecule has 9 heteroatoms. The van der Waals surface area contributed by atoms with Crippen molar-refractivity contribution in [1.82, 2.24) is 0 Å². The molecular weight excluding hydrogens is 446 g/mol. The van der Waals surface area contributed by atoms with Crippen LogP contribution in [0, 0.1) is 17.8 Å². The van der Waals surface area contributed by atoms with Crippen LogP contribution in [0.25, 0.3) is 0 Å². The highest BCUT2D eigenvalue weighted by molar-refractivity contribution is 7.85. The number of carbonyl (C=O) groups excluding carboxylic acids is 2. The van der Waals surface area contributed by atoms with E-state index in [4.69, 9.17) is 4.74 Å². The van der Waals surface area contributed by atoms with Crippen molar-refractivity contribution < 1.29 is 36.9 Å². The van der Waals surface area contributed by atoms with Gasteiger partial charge in [-0.2, -0.15) is 0 Å². The lowest BCUT2D eigenvalue weighted by Crippen LogP contribution is -3.06. The third-order valence-corrected chi connectivity index (χ3v) is 6.05. The van der Waals surface area contributed by atoms with Gasteiger partial charge < -0.3 is 18.9 Å². The van der Waals surface area contributed by atoms with Crippen molar-refractivity contribution in [3.63, 3.8) is 0 Å². The van der Waals surface area contributed by atoms with E-state index >= 15 is 0 Å². The summed E-state index contributed by atoms with van der Waals surface area (Å²) in [5.74, 6) is -0.221. The highest BCUT2D eigenvalue weighted by Gasteiger charge is 2.27. The van der Waals surface area contributed by atoms with E-state index in [9.17, 15) is 22.6 Å². The van der Waals surface area contributed by atoms with Gasteiger partial charge in [0, 0.05) is 0 Å². The van der Waals surface area contributed by atoms with Crippen LogP contribution in [0.2, 0.25) is 0 Å². The lowest BCUT2D eigenvalue weighted by molar-refractivity contribution is -0.858. The summed E-state index contributed by atoms with van der Waals surface area (Å²) in [4.78, 5) is 23.4. The van der Waals surface area contributed by atoms with Gasteiger partial charge in [-0.3, -0.25) is 9.59 Å². The van der Waals surface area contributed by atoms with E-state index in [0.29, 0.717) is 6.61 Å². The topological polar surface area (TPSA) is 114 Å². The molecule has 1 rings (SSSR count). The van der Waals surface area contributed by atoms with Crippen molar-refractivity contribution in [2.75, 3.05) is 34.4 Å². The van der Waals surface area contributed by atoms with Gasteiger partial charge in [-0.25, -0.2) is 8.42 Å². The lowest BCUT2D eigenvalue weighted by atomic mass is 9.91. The number of hydrogen-bond acceptors (Lipinski definition) is 7. The molecule has 0 amide bonds. The van der Waals surface area contributed by atoms with Crippen LogP contribution >= 0.6 is 0 Å². The number of carbonyl (C=O) groups is 2. The number of rotatable bonds is 8. The second kappa shape index (κ2) is 15.0. The summed E-state index contributed by atoms with van der Waals surface area (Å²) in [7, 11) is 1.23. The summed E-state index contributed by atoms with van der Waals surface area (Å²) < 4.78 is 40.9. The van der Waals surface area contributed by atoms with Crippen LogP contribution < -0.4 is 4.90 Å². The molecule has 0 aliphatic carbocycles. The van der Waals surface area contributed by atoms with Crippen molar-refractivity contribution in [3.05, 3.63) is 29.8 Å². The van der Waals surface area contributed by atoms with Crippen LogP contribution in [0.3, 0.4) is 0 Å². The fourth-order valence-electron chi connectivity index (χ4n) is 1.81. The average Bonchev–Trinajstić information content (AvgIpc) is 2.73. The normalized spacial score (nSPS) is 11.5. The summed E-state index contributed by atoms with van der Waals surface area (Å²) in [5.41, 5.74) is 0.286. The molecule has 1 aromatic rings. The molecule has 33 heavy (non-hydrogen) atoms. The maximum atomic E-state index is 11.4. The zero-order valence-electron chi connectivity index (χ0n) is 21.9. The molecule has 1 aromatic carbocycles. The van der Waals surface area contributed by atoms with Crippen molar-refractivity contribution in [3.8, 4) is 0 Å². The number of benzene rings is 1. The highest BCUT2D eigenvalue weighted by Crippen LogP contribution is 2.21. The minimum Gasteiger partial charge on any atom is -0.744 e. The van der Waals surface area contributed by atoms with Crippen LogP contribution in [0.15, 0.2) is 29.2 Å². The lowest BCUT2D eigenvalue weighted by Gasteiger charge is -2.20. The number of esters is 2. The summed E-state index contributed by atoms with van der Waals surface area (Å²) in [5, 5.41) is 0. The Kier molecular flexibility index (Phi) is 15.1. The van der Waals surface area contributed by atoms with Crippen LogP contribution in [-0.4, -0.2) is 59.3 Å². The minimum atomic E-state index is -4.27. The van der Waals surface area contributed by atoms with Crippen LogP contribution in [0.4, 0.5) is 0 Å². The molecule has 192 valence electrons. The Morgan fingerprint density at radius 1 is 0.939 bits per heavy atom. The Hall–Kier alpha value is -1.97. The molecule has 0 spiro atoms. The molecule has 0 saturated heterocycles. The maximum Gasteiger partial charge on any atom is 0.311 e. The van der Waals surface area contributed by atoms with Gasteiger partial charge in [-0.1, -0.05) is 31.5 Å². The van der Waals surface area contributed by atoms with Crippen molar-refractivity contribution in [2.45, 2.75) is 66.2 Å². The molecule has 0 saturated carbocycles. The van der Waals surface area contributed by atoms with Gasteiger partial charge in [-0.05, 0) is 59.6 Å². The number of likely N-dealkylation sites (N-methyl/N-ethyl adjacent to an activating group) is 1. The quantitative estimate of drug-likeness (QED) is 0.441. The van der Waals surface area contributed by atoms with Gasteiger partial charge in [0.1, 0.15) is 23.3 Å². The van der Waals surface area contributed by atoms with Gasteiger partial charge in [0.25, 0.3) is 0 Å². The van der Waals surface area contributed by atoms with E-state index in [1.54, 1.807) is 12.1 Å². The van der Waals surface area contributed by atoms with Gasteiger partial charge in [0.05, 0.1) is 36.9 Å². The van der Waals surface area contributed by atoms with Crippen LogP contribution in [0.1, 0.15) is 59.9 Å². The first-order chi connectivity index (χ1) is 14.9. The third-order valence-electron chi connectivity index (χ3n) is 5.20. The number of nitrogens with one attached hydrogen (secondary N) is 1. The second-order valence-corrected chi connectivity index (χ2v) is 10.7. The monoisotopic (exact) mass is 489 g/mol. The first kappa shape index (κ1) is 33.2. The highest BCUT2D eigenvalue weighted by atomic mass is 32.2. The maximum absolute atomic E-state index is 11.4. The zero-order valence-corrected chi connectivity index (χ0v) is 22.7.